The van der Waals surface area contributed by atoms with E-state index in [1.807, 2.05) is 0 Å². The van der Waals surface area contributed by atoms with E-state index in [0.717, 1.165) is 17.4 Å². The van der Waals surface area contributed by atoms with E-state index in [0.29, 0.717) is 6.04 Å². The average molecular weight is 246 g/mol. The Balaban J connectivity index is 2.11. The highest BCUT2D eigenvalue weighted by molar-refractivity contribution is 5.23. The van der Waals surface area contributed by atoms with Crippen molar-refractivity contribution in [1.82, 2.24) is 9.88 Å². The van der Waals surface area contributed by atoms with Gasteiger partial charge in [0.2, 0.25) is 0 Å². The molecule has 1 aliphatic carbocycles. The summed E-state index contributed by atoms with van der Waals surface area (Å²) in [6.45, 7) is 6.50. The van der Waals surface area contributed by atoms with Crippen molar-refractivity contribution in [1.29, 1.82) is 0 Å². The van der Waals surface area contributed by atoms with Crippen LogP contribution in [0.2, 0.25) is 0 Å². The molecule has 1 aromatic heterocycles. The van der Waals surface area contributed by atoms with Crippen LogP contribution in [0.3, 0.4) is 0 Å². The zero-order valence-electron chi connectivity index (χ0n) is 12.2. The maximum atomic E-state index is 4.47. The molecule has 0 amide bonds. The molecule has 1 saturated carbocycles. The summed E-state index contributed by atoms with van der Waals surface area (Å²) >= 11 is 0. The molecule has 0 spiro atoms. The molecule has 0 aromatic carbocycles. The minimum atomic E-state index is 0.494. The number of pyridine rings is 1. The molecular weight excluding hydrogens is 220 g/mol. The fourth-order valence-corrected chi connectivity index (χ4v) is 3.15. The van der Waals surface area contributed by atoms with E-state index in [9.17, 15) is 0 Å². The maximum Gasteiger partial charge on any atom is 0.0379 e. The van der Waals surface area contributed by atoms with Gasteiger partial charge in [-0.2, -0.15) is 0 Å². The van der Waals surface area contributed by atoms with Crippen molar-refractivity contribution in [3.05, 3.63) is 29.1 Å². The van der Waals surface area contributed by atoms with E-state index in [4.69, 9.17) is 0 Å². The number of aromatic nitrogens is 1. The molecule has 0 aliphatic heterocycles. The molecule has 1 fully saturated rings. The van der Waals surface area contributed by atoms with Gasteiger partial charge in [0, 0.05) is 23.5 Å². The summed E-state index contributed by atoms with van der Waals surface area (Å²) in [6.07, 6.45) is 6.95. The lowest BCUT2D eigenvalue weighted by Crippen LogP contribution is -2.35. The van der Waals surface area contributed by atoms with E-state index < -0.39 is 0 Å². The molecule has 0 bridgehead atoms. The lowest BCUT2D eigenvalue weighted by atomic mass is 9.92. The molecule has 1 aromatic rings. The lowest BCUT2D eigenvalue weighted by Gasteiger charge is -2.36. The van der Waals surface area contributed by atoms with Crippen LogP contribution in [-0.2, 0) is 0 Å². The van der Waals surface area contributed by atoms with Crippen LogP contribution in [0.25, 0.3) is 0 Å². The number of rotatable bonds is 3. The van der Waals surface area contributed by atoms with Gasteiger partial charge in [-0.05, 0) is 58.4 Å². The Hall–Kier alpha value is -0.890. The third kappa shape index (κ3) is 3.11. The first-order chi connectivity index (χ1) is 8.58. The van der Waals surface area contributed by atoms with E-state index in [2.05, 4.69) is 49.8 Å². The number of aryl methyl sites for hydroxylation is 2. The fourth-order valence-electron chi connectivity index (χ4n) is 3.15. The van der Waals surface area contributed by atoms with Crippen LogP contribution >= 0.6 is 0 Å². The van der Waals surface area contributed by atoms with E-state index in [1.54, 1.807) is 0 Å². The molecular formula is C16H26N2. The summed E-state index contributed by atoms with van der Waals surface area (Å²) in [7, 11) is 2.28. The molecule has 1 unspecified atom stereocenters. The van der Waals surface area contributed by atoms with E-state index >= 15 is 0 Å². The van der Waals surface area contributed by atoms with Gasteiger partial charge >= 0.3 is 0 Å². The molecule has 100 valence electrons. The second kappa shape index (κ2) is 5.83. The fraction of sp³-hybridized carbons (Fsp3) is 0.688. The molecule has 18 heavy (non-hydrogen) atoms. The minimum Gasteiger partial charge on any atom is -0.297 e. The van der Waals surface area contributed by atoms with Gasteiger partial charge < -0.3 is 0 Å². The van der Waals surface area contributed by atoms with Crippen molar-refractivity contribution >= 4 is 0 Å². The van der Waals surface area contributed by atoms with Gasteiger partial charge in [-0.25, -0.2) is 0 Å². The molecule has 2 rings (SSSR count). The zero-order chi connectivity index (χ0) is 13.1. The summed E-state index contributed by atoms with van der Waals surface area (Å²) in [6, 6.07) is 5.73. The van der Waals surface area contributed by atoms with Gasteiger partial charge in [0.05, 0.1) is 0 Å². The predicted molar refractivity (Wildman–Crippen MR) is 76.8 cm³/mol. The van der Waals surface area contributed by atoms with Crippen molar-refractivity contribution in [2.24, 2.45) is 0 Å². The Bertz CT molecular complexity index is 374. The molecule has 2 heteroatoms. The van der Waals surface area contributed by atoms with Gasteiger partial charge in [-0.1, -0.05) is 19.3 Å². The standard InChI is InChI=1S/C16H26N2/c1-12-10-15(11-13(2)17-12)14(3)18(4)16-8-6-5-7-9-16/h10-11,14,16H,5-9H2,1-4H3. The van der Waals surface area contributed by atoms with Crippen molar-refractivity contribution in [3.8, 4) is 0 Å². The van der Waals surface area contributed by atoms with Crippen LogP contribution < -0.4 is 0 Å². The van der Waals surface area contributed by atoms with Crippen LogP contribution in [-0.4, -0.2) is 23.0 Å². The van der Waals surface area contributed by atoms with Gasteiger partial charge in [0.15, 0.2) is 0 Å². The first-order valence-corrected chi connectivity index (χ1v) is 7.25. The third-order valence-corrected chi connectivity index (χ3v) is 4.35. The molecule has 0 radical (unpaired) electrons. The van der Waals surface area contributed by atoms with Crippen molar-refractivity contribution in [2.75, 3.05) is 7.05 Å². The maximum absolute atomic E-state index is 4.47. The van der Waals surface area contributed by atoms with E-state index in [-0.39, 0.29) is 0 Å². The van der Waals surface area contributed by atoms with Crippen molar-refractivity contribution < 1.29 is 0 Å². The smallest absolute Gasteiger partial charge is 0.0379 e. The van der Waals surface area contributed by atoms with Gasteiger partial charge in [0.25, 0.3) is 0 Å². The van der Waals surface area contributed by atoms with Crippen LogP contribution in [0.5, 0.6) is 0 Å². The van der Waals surface area contributed by atoms with Gasteiger partial charge in [-0.3, -0.25) is 9.88 Å². The van der Waals surface area contributed by atoms with Crippen LogP contribution in [0.15, 0.2) is 12.1 Å². The molecule has 1 aliphatic rings. The number of hydrogen-bond acceptors (Lipinski definition) is 2. The highest BCUT2D eigenvalue weighted by Gasteiger charge is 2.22. The highest BCUT2D eigenvalue weighted by atomic mass is 15.2. The van der Waals surface area contributed by atoms with Crippen LogP contribution in [0.1, 0.15) is 62.0 Å². The number of hydrogen-bond donors (Lipinski definition) is 0. The minimum absolute atomic E-state index is 0.494. The molecule has 1 atom stereocenters. The van der Waals surface area contributed by atoms with Gasteiger partial charge in [-0.15, -0.1) is 0 Å². The SMILES string of the molecule is Cc1cc(C(C)N(C)C2CCCCC2)cc(C)n1. The summed E-state index contributed by atoms with van der Waals surface area (Å²) in [5, 5.41) is 0. The van der Waals surface area contributed by atoms with Crippen LogP contribution in [0.4, 0.5) is 0 Å². The monoisotopic (exact) mass is 246 g/mol. The normalized spacial score (nSPS) is 19.2. The zero-order valence-corrected chi connectivity index (χ0v) is 12.2. The summed E-state index contributed by atoms with van der Waals surface area (Å²) < 4.78 is 0. The van der Waals surface area contributed by atoms with E-state index in [1.165, 1.54) is 37.7 Å². The quantitative estimate of drug-likeness (QED) is 0.800. The summed E-state index contributed by atoms with van der Waals surface area (Å²) in [4.78, 5) is 7.03. The summed E-state index contributed by atoms with van der Waals surface area (Å²) in [5.41, 5.74) is 3.68. The largest absolute Gasteiger partial charge is 0.297 e. The first-order valence-electron chi connectivity index (χ1n) is 7.25. The molecule has 2 nitrogen and oxygen atoms in total. The highest BCUT2D eigenvalue weighted by Crippen LogP contribution is 2.28. The average Bonchev–Trinajstić information content (AvgIpc) is 2.37. The second-order valence-corrected chi connectivity index (χ2v) is 5.82. The first kappa shape index (κ1) is 13.5. The van der Waals surface area contributed by atoms with Crippen LogP contribution in [0, 0.1) is 13.8 Å². The lowest BCUT2D eigenvalue weighted by molar-refractivity contribution is 0.146. The summed E-state index contributed by atoms with van der Waals surface area (Å²) in [5.74, 6) is 0. The molecule has 1 heterocycles. The molecule has 0 N–H and O–H groups in total. The Kier molecular flexibility index (Phi) is 4.39. The molecule has 0 saturated heterocycles. The topological polar surface area (TPSA) is 16.1 Å². The van der Waals surface area contributed by atoms with Crippen molar-refractivity contribution in [2.45, 2.75) is 65.0 Å². The number of nitrogens with zero attached hydrogens (tertiary/aromatic N) is 2. The Morgan fingerprint density at radius 2 is 1.67 bits per heavy atom. The Morgan fingerprint density at radius 1 is 1.11 bits per heavy atom. The van der Waals surface area contributed by atoms with Gasteiger partial charge in [0.1, 0.15) is 0 Å². The Labute approximate surface area is 111 Å². The predicted octanol–water partition coefficient (Wildman–Crippen LogP) is 4.02. The third-order valence-electron chi connectivity index (χ3n) is 4.35. The van der Waals surface area contributed by atoms with Crippen molar-refractivity contribution in [3.63, 3.8) is 0 Å². The Morgan fingerprint density at radius 3 is 2.22 bits per heavy atom. The second-order valence-electron chi connectivity index (χ2n) is 5.82.